The van der Waals surface area contributed by atoms with Gasteiger partial charge in [-0.15, -0.1) is 0 Å². The number of nitrogens with one attached hydrogen (secondary N) is 1. The van der Waals surface area contributed by atoms with E-state index in [1.807, 2.05) is 0 Å². The minimum absolute atomic E-state index is 0.976. The molecule has 3 heteroatoms. The van der Waals surface area contributed by atoms with Crippen LogP contribution in [-0.4, -0.2) is 44.7 Å². The third-order valence-corrected chi connectivity index (χ3v) is 3.96. The zero-order chi connectivity index (χ0) is 13.5. The molecule has 0 aliphatic carbocycles. The Labute approximate surface area is 117 Å². The number of likely N-dealkylation sites (N-methyl/N-ethyl adjacent to an activating group) is 1. The Kier molecular flexibility index (Phi) is 5.67. The molecular weight excluding hydrogens is 234 g/mol. The van der Waals surface area contributed by atoms with Gasteiger partial charge in [0.2, 0.25) is 0 Å². The Morgan fingerprint density at radius 2 is 1.95 bits per heavy atom. The molecule has 0 unspecified atom stereocenters. The van der Waals surface area contributed by atoms with Crippen molar-refractivity contribution in [2.24, 2.45) is 0 Å². The van der Waals surface area contributed by atoms with Gasteiger partial charge in [-0.2, -0.15) is 0 Å². The molecule has 0 atom stereocenters. The Balaban J connectivity index is 1.85. The van der Waals surface area contributed by atoms with Crippen molar-refractivity contribution in [2.45, 2.75) is 26.3 Å². The van der Waals surface area contributed by atoms with Crippen LogP contribution in [0.15, 0.2) is 24.3 Å². The van der Waals surface area contributed by atoms with Crippen LogP contribution in [0.3, 0.4) is 0 Å². The van der Waals surface area contributed by atoms with E-state index in [2.05, 4.69) is 53.4 Å². The molecule has 0 aromatic heterocycles. The third-order valence-electron chi connectivity index (χ3n) is 3.96. The molecule has 1 saturated heterocycles. The molecular formula is C16H27N3. The van der Waals surface area contributed by atoms with E-state index in [9.17, 15) is 0 Å². The van der Waals surface area contributed by atoms with Gasteiger partial charge in [-0.05, 0) is 38.1 Å². The Bertz CT molecular complexity index is 372. The summed E-state index contributed by atoms with van der Waals surface area (Å²) in [5, 5.41) is 3.56. The van der Waals surface area contributed by atoms with Crippen LogP contribution in [-0.2, 0) is 6.54 Å². The molecule has 1 N–H and O–H groups in total. The predicted molar refractivity (Wildman–Crippen MR) is 82.8 cm³/mol. The van der Waals surface area contributed by atoms with Crippen LogP contribution in [0.5, 0.6) is 0 Å². The summed E-state index contributed by atoms with van der Waals surface area (Å²) in [6.45, 7) is 8.89. The lowest BCUT2D eigenvalue weighted by molar-refractivity contribution is 0.349. The monoisotopic (exact) mass is 261 g/mol. The second kappa shape index (κ2) is 7.51. The molecule has 1 aliphatic heterocycles. The first-order chi connectivity index (χ1) is 9.31. The number of para-hydroxylation sites is 1. The van der Waals surface area contributed by atoms with Crippen molar-refractivity contribution in [2.75, 3.05) is 44.7 Å². The van der Waals surface area contributed by atoms with Gasteiger partial charge in [0, 0.05) is 38.4 Å². The summed E-state index contributed by atoms with van der Waals surface area (Å²) >= 11 is 0. The van der Waals surface area contributed by atoms with Gasteiger partial charge in [0.25, 0.3) is 0 Å². The summed E-state index contributed by atoms with van der Waals surface area (Å²) < 4.78 is 0. The molecule has 0 bridgehead atoms. The zero-order valence-electron chi connectivity index (χ0n) is 12.4. The number of benzene rings is 1. The first-order valence-corrected chi connectivity index (χ1v) is 7.53. The summed E-state index contributed by atoms with van der Waals surface area (Å²) in [5.41, 5.74) is 2.86. The second-order valence-electron chi connectivity index (χ2n) is 5.40. The molecule has 106 valence electrons. The number of anilines is 1. The summed E-state index contributed by atoms with van der Waals surface area (Å²) in [6, 6.07) is 8.82. The van der Waals surface area contributed by atoms with Gasteiger partial charge >= 0.3 is 0 Å². The van der Waals surface area contributed by atoms with Crippen molar-refractivity contribution < 1.29 is 0 Å². The van der Waals surface area contributed by atoms with Gasteiger partial charge in [-0.3, -0.25) is 0 Å². The molecule has 1 aromatic carbocycles. The Morgan fingerprint density at radius 3 is 2.68 bits per heavy atom. The standard InChI is InChI=1S/C16H27N3/c1-3-18(2)13-10-17-14-15-8-4-5-9-16(15)19-11-6-7-12-19/h4-5,8-9,17H,3,6-7,10-14H2,1-2H3. The van der Waals surface area contributed by atoms with Gasteiger partial charge in [-0.25, -0.2) is 0 Å². The highest BCUT2D eigenvalue weighted by molar-refractivity contribution is 5.54. The largest absolute Gasteiger partial charge is 0.371 e. The van der Waals surface area contributed by atoms with Crippen LogP contribution in [0.25, 0.3) is 0 Å². The lowest BCUT2D eigenvalue weighted by Gasteiger charge is -2.22. The van der Waals surface area contributed by atoms with Crippen LogP contribution < -0.4 is 10.2 Å². The fourth-order valence-electron chi connectivity index (χ4n) is 2.58. The lowest BCUT2D eigenvalue weighted by atomic mass is 10.1. The number of hydrogen-bond donors (Lipinski definition) is 1. The average Bonchev–Trinajstić information content (AvgIpc) is 2.97. The second-order valence-corrected chi connectivity index (χ2v) is 5.40. The highest BCUT2D eigenvalue weighted by atomic mass is 15.1. The molecule has 3 nitrogen and oxygen atoms in total. The third kappa shape index (κ3) is 4.22. The van der Waals surface area contributed by atoms with Crippen LogP contribution in [0.2, 0.25) is 0 Å². The van der Waals surface area contributed by atoms with E-state index >= 15 is 0 Å². The van der Waals surface area contributed by atoms with Gasteiger partial charge in [0.15, 0.2) is 0 Å². The van der Waals surface area contributed by atoms with Gasteiger partial charge < -0.3 is 15.1 Å². The molecule has 19 heavy (non-hydrogen) atoms. The molecule has 1 heterocycles. The molecule has 1 aliphatic rings. The summed E-state index contributed by atoms with van der Waals surface area (Å²) in [6.07, 6.45) is 2.67. The molecule has 1 fully saturated rings. The molecule has 0 spiro atoms. The minimum Gasteiger partial charge on any atom is -0.371 e. The SMILES string of the molecule is CCN(C)CCNCc1ccccc1N1CCCC1. The van der Waals surface area contributed by atoms with Crippen molar-refractivity contribution in [1.29, 1.82) is 0 Å². The quantitative estimate of drug-likeness (QED) is 0.760. The molecule has 2 rings (SSSR count). The first kappa shape index (κ1) is 14.4. The van der Waals surface area contributed by atoms with E-state index in [-0.39, 0.29) is 0 Å². The normalized spacial score (nSPS) is 15.4. The van der Waals surface area contributed by atoms with Crippen molar-refractivity contribution in [1.82, 2.24) is 10.2 Å². The zero-order valence-corrected chi connectivity index (χ0v) is 12.4. The number of hydrogen-bond acceptors (Lipinski definition) is 3. The van der Waals surface area contributed by atoms with Gasteiger partial charge in [0.05, 0.1) is 0 Å². The number of nitrogens with zero attached hydrogens (tertiary/aromatic N) is 2. The highest BCUT2D eigenvalue weighted by Gasteiger charge is 2.14. The average molecular weight is 261 g/mol. The molecule has 0 radical (unpaired) electrons. The van der Waals surface area contributed by atoms with Crippen molar-refractivity contribution in [3.8, 4) is 0 Å². The maximum Gasteiger partial charge on any atom is 0.0411 e. The highest BCUT2D eigenvalue weighted by Crippen LogP contribution is 2.24. The van der Waals surface area contributed by atoms with E-state index in [1.54, 1.807) is 0 Å². The van der Waals surface area contributed by atoms with Crippen molar-refractivity contribution in [3.05, 3.63) is 29.8 Å². The molecule has 0 saturated carbocycles. The summed E-state index contributed by atoms with van der Waals surface area (Å²) in [7, 11) is 2.17. The summed E-state index contributed by atoms with van der Waals surface area (Å²) in [5.74, 6) is 0. The molecule has 1 aromatic rings. The predicted octanol–water partition coefficient (Wildman–Crippen LogP) is 2.33. The van der Waals surface area contributed by atoms with E-state index in [4.69, 9.17) is 0 Å². The van der Waals surface area contributed by atoms with Crippen molar-refractivity contribution >= 4 is 5.69 Å². The van der Waals surface area contributed by atoms with E-state index in [1.165, 1.54) is 37.2 Å². The first-order valence-electron chi connectivity index (χ1n) is 7.53. The maximum absolute atomic E-state index is 3.56. The fraction of sp³-hybridized carbons (Fsp3) is 0.625. The Hall–Kier alpha value is -1.06. The smallest absolute Gasteiger partial charge is 0.0411 e. The minimum atomic E-state index is 0.976. The van der Waals surface area contributed by atoms with E-state index in [0.717, 1.165) is 26.2 Å². The fourth-order valence-corrected chi connectivity index (χ4v) is 2.58. The van der Waals surface area contributed by atoms with Gasteiger partial charge in [-0.1, -0.05) is 25.1 Å². The Morgan fingerprint density at radius 1 is 1.21 bits per heavy atom. The number of rotatable bonds is 7. The van der Waals surface area contributed by atoms with Crippen LogP contribution in [0.1, 0.15) is 25.3 Å². The lowest BCUT2D eigenvalue weighted by Crippen LogP contribution is -2.29. The summed E-state index contributed by atoms with van der Waals surface area (Å²) in [4.78, 5) is 4.86. The van der Waals surface area contributed by atoms with Gasteiger partial charge in [0.1, 0.15) is 0 Å². The van der Waals surface area contributed by atoms with E-state index in [0.29, 0.717) is 0 Å². The topological polar surface area (TPSA) is 18.5 Å². The molecule has 0 amide bonds. The maximum atomic E-state index is 3.56. The van der Waals surface area contributed by atoms with Crippen LogP contribution in [0, 0.1) is 0 Å². The van der Waals surface area contributed by atoms with E-state index < -0.39 is 0 Å². The van der Waals surface area contributed by atoms with Crippen LogP contribution >= 0.6 is 0 Å². The van der Waals surface area contributed by atoms with Crippen molar-refractivity contribution in [3.63, 3.8) is 0 Å². The van der Waals surface area contributed by atoms with Crippen LogP contribution in [0.4, 0.5) is 5.69 Å².